The van der Waals surface area contributed by atoms with Crippen molar-refractivity contribution in [1.29, 1.82) is 0 Å². The van der Waals surface area contributed by atoms with Crippen LogP contribution in [0.4, 0.5) is 0 Å². The topological polar surface area (TPSA) is 78.9 Å². The standard InChI is InChI=1S/C58H112O6/c1-5-8-10-12-14-16-18-20-22-23-25-26-28-33-37-41-45-49-56(59)62-52-55(53-63-57(60)50-46-42-38-34-31-30-32-36-40-44-48-54(4)7-3)64-58(61)51-47-43-39-35-29-27-24-21-19-17-15-13-11-9-6-2/h54-55H,5-53H2,1-4H3/t54?,55-/m1/s1. The molecule has 2 atom stereocenters. The van der Waals surface area contributed by atoms with Gasteiger partial charge in [0.05, 0.1) is 0 Å². The van der Waals surface area contributed by atoms with Crippen molar-refractivity contribution in [3.05, 3.63) is 0 Å². The maximum Gasteiger partial charge on any atom is 0.306 e. The van der Waals surface area contributed by atoms with Crippen LogP contribution in [0, 0.1) is 5.92 Å². The van der Waals surface area contributed by atoms with E-state index in [1.54, 1.807) is 0 Å². The predicted molar refractivity (Wildman–Crippen MR) is 275 cm³/mol. The van der Waals surface area contributed by atoms with Gasteiger partial charge in [0.25, 0.3) is 0 Å². The Bertz CT molecular complexity index is 966. The van der Waals surface area contributed by atoms with Crippen molar-refractivity contribution < 1.29 is 28.6 Å². The molecule has 0 aromatic carbocycles. The second kappa shape index (κ2) is 52.4. The van der Waals surface area contributed by atoms with Crippen LogP contribution < -0.4 is 0 Å². The van der Waals surface area contributed by atoms with E-state index < -0.39 is 6.10 Å². The van der Waals surface area contributed by atoms with Crippen LogP contribution in [0.1, 0.15) is 329 Å². The third kappa shape index (κ3) is 49.8. The van der Waals surface area contributed by atoms with Crippen molar-refractivity contribution in [3.8, 4) is 0 Å². The summed E-state index contributed by atoms with van der Waals surface area (Å²) in [5.41, 5.74) is 0. The van der Waals surface area contributed by atoms with E-state index in [4.69, 9.17) is 14.2 Å². The molecular weight excluding hydrogens is 793 g/mol. The van der Waals surface area contributed by atoms with E-state index in [1.165, 1.54) is 225 Å². The summed E-state index contributed by atoms with van der Waals surface area (Å²) in [5.74, 6) is 0.0338. The summed E-state index contributed by atoms with van der Waals surface area (Å²) in [6.07, 6.45) is 56.5. The lowest BCUT2D eigenvalue weighted by molar-refractivity contribution is -0.167. The van der Waals surface area contributed by atoms with Gasteiger partial charge in [-0.1, -0.05) is 291 Å². The van der Waals surface area contributed by atoms with Gasteiger partial charge in [0, 0.05) is 19.3 Å². The Morgan fingerprint density at radius 2 is 0.547 bits per heavy atom. The Morgan fingerprint density at radius 3 is 0.812 bits per heavy atom. The molecule has 6 heteroatoms. The molecule has 1 unspecified atom stereocenters. The van der Waals surface area contributed by atoms with Gasteiger partial charge in [-0.2, -0.15) is 0 Å². The molecule has 0 N–H and O–H groups in total. The maximum atomic E-state index is 12.8. The number of rotatable bonds is 53. The largest absolute Gasteiger partial charge is 0.462 e. The van der Waals surface area contributed by atoms with Crippen molar-refractivity contribution in [2.75, 3.05) is 13.2 Å². The minimum Gasteiger partial charge on any atom is -0.462 e. The monoisotopic (exact) mass is 905 g/mol. The van der Waals surface area contributed by atoms with Gasteiger partial charge in [0.1, 0.15) is 13.2 Å². The van der Waals surface area contributed by atoms with Gasteiger partial charge in [-0.3, -0.25) is 14.4 Å². The molecule has 0 heterocycles. The van der Waals surface area contributed by atoms with Gasteiger partial charge in [-0.05, 0) is 25.2 Å². The van der Waals surface area contributed by atoms with Crippen LogP contribution in [0.3, 0.4) is 0 Å². The molecule has 0 spiro atoms. The van der Waals surface area contributed by atoms with E-state index in [2.05, 4.69) is 27.7 Å². The number of hydrogen-bond donors (Lipinski definition) is 0. The van der Waals surface area contributed by atoms with Crippen LogP contribution in [0.25, 0.3) is 0 Å². The zero-order valence-corrected chi connectivity index (χ0v) is 43.8. The zero-order valence-electron chi connectivity index (χ0n) is 43.8. The van der Waals surface area contributed by atoms with Crippen LogP contribution in [-0.4, -0.2) is 37.2 Å². The number of ether oxygens (including phenoxy) is 3. The normalized spacial score (nSPS) is 12.4. The molecule has 0 amide bonds. The molecule has 380 valence electrons. The average Bonchev–Trinajstić information content (AvgIpc) is 3.29. The van der Waals surface area contributed by atoms with Crippen LogP contribution in [-0.2, 0) is 28.6 Å². The summed E-state index contributed by atoms with van der Waals surface area (Å²) < 4.78 is 16.9. The third-order valence-electron chi connectivity index (χ3n) is 13.7. The molecule has 0 bridgehead atoms. The summed E-state index contributed by atoms with van der Waals surface area (Å²) in [4.78, 5) is 38.1. The molecule has 0 aromatic rings. The molecule has 64 heavy (non-hydrogen) atoms. The van der Waals surface area contributed by atoms with Crippen molar-refractivity contribution in [2.45, 2.75) is 336 Å². The predicted octanol–water partition coefficient (Wildman–Crippen LogP) is 19.0. The van der Waals surface area contributed by atoms with Crippen LogP contribution in [0.2, 0.25) is 0 Å². The molecule has 0 aliphatic heterocycles. The smallest absolute Gasteiger partial charge is 0.306 e. The van der Waals surface area contributed by atoms with E-state index in [0.29, 0.717) is 19.3 Å². The zero-order chi connectivity index (χ0) is 46.7. The summed E-state index contributed by atoms with van der Waals surface area (Å²) in [6.45, 7) is 9.08. The van der Waals surface area contributed by atoms with Crippen molar-refractivity contribution in [1.82, 2.24) is 0 Å². The minimum absolute atomic E-state index is 0.0620. The maximum absolute atomic E-state index is 12.8. The second-order valence-electron chi connectivity index (χ2n) is 20.2. The Kier molecular flexibility index (Phi) is 51.1. The summed E-state index contributed by atoms with van der Waals surface area (Å²) >= 11 is 0. The number of esters is 3. The van der Waals surface area contributed by atoms with Gasteiger partial charge >= 0.3 is 17.9 Å². The number of unbranched alkanes of at least 4 members (excludes halogenated alkanes) is 39. The summed E-state index contributed by atoms with van der Waals surface area (Å²) in [5, 5.41) is 0. The Balaban J connectivity index is 4.30. The first-order valence-corrected chi connectivity index (χ1v) is 28.9. The van der Waals surface area contributed by atoms with Crippen LogP contribution in [0.5, 0.6) is 0 Å². The number of carbonyl (C=O) groups is 3. The van der Waals surface area contributed by atoms with Gasteiger partial charge in [-0.15, -0.1) is 0 Å². The van der Waals surface area contributed by atoms with Crippen molar-refractivity contribution >= 4 is 17.9 Å². The summed E-state index contributed by atoms with van der Waals surface area (Å²) in [6, 6.07) is 0. The first kappa shape index (κ1) is 62.4. The van der Waals surface area contributed by atoms with Crippen molar-refractivity contribution in [3.63, 3.8) is 0 Å². The highest BCUT2D eigenvalue weighted by atomic mass is 16.6. The van der Waals surface area contributed by atoms with Gasteiger partial charge in [-0.25, -0.2) is 0 Å². The fourth-order valence-corrected chi connectivity index (χ4v) is 8.89. The molecule has 0 rings (SSSR count). The SMILES string of the molecule is CCCCCCCCCCCCCCCCCCCC(=O)OC[C@H](COC(=O)CCCCCCCCCCCCC(C)CC)OC(=O)CCCCCCCCCCCCCCCCC. The fourth-order valence-electron chi connectivity index (χ4n) is 8.89. The average molecular weight is 906 g/mol. The lowest BCUT2D eigenvalue weighted by Gasteiger charge is -2.18. The molecule has 6 nitrogen and oxygen atoms in total. The first-order valence-electron chi connectivity index (χ1n) is 28.9. The number of carbonyl (C=O) groups excluding carboxylic acids is 3. The number of hydrogen-bond acceptors (Lipinski definition) is 6. The first-order chi connectivity index (χ1) is 31.4. The highest BCUT2D eigenvalue weighted by molar-refractivity contribution is 5.71. The quantitative estimate of drug-likeness (QED) is 0.0344. The van der Waals surface area contributed by atoms with Crippen molar-refractivity contribution in [2.24, 2.45) is 5.92 Å². The molecule has 0 aromatic heterocycles. The van der Waals surface area contributed by atoms with E-state index in [0.717, 1.165) is 63.7 Å². The summed E-state index contributed by atoms with van der Waals surface area (Å²) in [7, 11) is 0. The van der Waals surface area contributed by atoms with Crippen LogP contribution >= 0.6 is 0 Å². The van der Waals surface area contributed by atoms with E-state index in [1.807, 2.05) is 0 Å². The lowest BCUT2D eigenvalue weighted by Crippen LogP contribution is -2.30. The Hall–Kier alpha value is -1.59. The fraction of sp³-hybridized carbons (Fsp3) is 0.948. The van der Waals surface area contributed by atoms with Gasteiger partial charge < -0.3 is 14.2 Å². The minimum atomic E-state index is -0.762. The second-order valence-corrected chi connectivity index (χ2v) is 20.2. The molecular formula is C58H112O6. The Labute approximate surface area is 399 Å². The van der Waals surface area contributed by atoms with E-state index in [-0.39, 0.29) is 31.1 Å². The lowest BCUT2D eigenvalue weighted by atomic mass is 9.99. The molecule has 0 saturated carbocycles. The van der Waals surface area contributed by atoms with Gasteiger partial charge in [0.2, 0.25) is 0 Å². The molecule has 0 aliphatic carbocycles. The molecule has 0 aliphatic rings. The van der Waals surface area contributed by atoms with E-state index in [9.17, 15) is 14.4 Å². The molecule has 0 saturated heterocycles. The highest BCUT2D eigenvalue weighted by Crippen LogP contribution is 2.18. The van der Waals surface area contributed by atoms with E-state index >= 15 is 0 Å². The third-order valence-corrected chi connectivity index (χ3v) is 13.7. The Morgan fingerprint density at radius 1 is 0.312 bits per heavy atom. The highest BCUT2D eigenvalue weighted by Gasteiger charge is 2.19. The molecule has 0 fully saturated rings. The van der Waals surface area contributed by atoms with Gasteiger partial charge in [0.15, 0.2) is 6.10 Å². The molecule has 0 radical (unpaired) electrons. The van der Waals surface area contributed by atoms with Crippen LogP contribution in [0.15, 0.2) is 0 Å².